The van der Waals surface area contributed by atoms with Crippen LogP contribution in [0.4, 0.5) is 5.69 Å². The largest absolute Gasteiger partial charge is 0.491 e. The number of amides is 1. The molecule has 0 bridgehead atoms. The molecule has 1 aliphatic heterocycles. The highest BCUT2D eigenvalue weighted by molar-refractivity contribution is 5.76. The molecule has 1 heterocycles. The summed E-state index contributed by atoms with van der Waals surface area (Å²) in [4.78, 5) is 14.0. The van der Waals surface area contributed by atoms with Crippen LogP contribution in [-0.2, 0) is 4.79 Å². The molecule has 3 N–H and O–H groups in total. The van der Waals surface area contributed by atoms with Crippen molar-refractivity contribution >= 4 is 11.6 Å². The van der Waals surface area contributed by atoms with E-state index in [2.05, 4.69) is 10.2 Å². The van der Waals surface area contributed by atoms with Crippen molar-refractivity contribution in [3.63, 3.8) is 0 Å². The van der Waals surface area contributed by atoms with Gasteiger partial charge in [-0.25, -0.2) is 0 Å². The number of anilines is 1. The lowest BCUT2D eigenvalue weighted by Gasteiger charge is -2.14. The molecule has 0 atom stereocenters. The number of carbonyl (C=O) groups is 1. The topological polar surface area (TPSA) is 67.6 Å². The van der Waals surface area contributed by atoms with E-state index in [9.17, 15) is 4.79 Å². The predicted octanol–water partition coefficient (Wildman–Crippen LogP) is 1.25. The molecule has 1 aliphatic rings. The number of carbonyl (C=O) groups excluding carboxylic acids is 1. The van der Waals surface area contributed by atoms with Gasteiger partial charge in [0, 0.05) is 13.1 Å². The van der Waals surface area contributed by atoms with Crippen molar-refractivity contribution in [2.75, 3.05) is 38.5 Å². The molecule has 0 unspecified atom stereocenters. The van der Waals surface area contributed by atoms with Crippen LogP contribution in [0.1, 0.15) is 19.3 Å². The normalized spacial score (nSPS) is 15.2. The Kier molecular flexibility index (Phi) is 5.68. The number of hydrogen-bond acceptors (Lipinski definition) is 4. The number of nitrogens with two attached hydrogens (primary N) is 1. The SMILES string of the molecule is Nc1ccccc1OCCC(=O)NCCN1CCCC1. The first-order valence-corrected chi connectivity index (χ1v) is 7.22. The van der Waals surface area contributed by atoms with Crippen LogP contribution in [0.5, 0.6) is 5.75 Å². The van der Waals surface area contributed by atoms with Crippen molar-refractivity contribution in [3.8, 4) is 5.75 Å². The molecular weight excluding hydrogens is 254 g/mol. The summed E-state index contributed by atoms with van der Waals surface area (Å²) in [5.74, 6) is 0.663. The van der Waals surface area contributed by atoms with Gasteiger partial charge in [-0.05, 0) is 38.1 Å². The summed E-state index contributed by atoms with van der Waals surface area (Å²) in [6, 6.07) is 7.31. The van der Waals surface area contributed by atoms with E-state index < -0.39 is 0 Å². The van der Waals surface area contributed by atoms with E-state index in [-0.39, 0.29) is 5.91 Å². The van der Waals surface area contributed by atoms with Crippen LogP contribution in [-0.4, -0.2) is 43.6 Å². The summed E-state index contributed by atoms with van der Waals surface area (Å²) in [6.45, 7) is 4.33. The van der Waals surface area contributed by atoms with Gasteiger partial charge in [-0.1, -0.05) is 12.1 Å². The van der Waals surface area contributed by atoms with Gasteiger partial charge in [0.25, 0.3) is 0 Å². The molecule has 1 amide bonds. The first-order chi connectivity index (χ1) is 9.75. The van der Waals surface area contributed by atoms with Gasteiger partial charge in [-0.15, -0.1) is 0 Å². The van der Waals surface area contributed by atoms with Crippen molar-refractivity contribution in [1.82, 2.24) is 10.2 Å². The number of ether oxygens (including phenoxy) is 1. The molecule has 1 saturated heterocycles. The smallest absolute Gasteiger partial charge is 0.223 e. The monoisotopic (exact) mass is 277 g/mol. The van der Waals surface area contributed by atoms with Gasteiger partial charge in [-0.3, -0.25) is 4.79 Å². The summed E-state index contributed by atoms with van der Waals surface area (Å²) >= 11 is 0. The number of para-hydroxylation sites is 2. The highest BCUT2D eigenvalue weighted by Crippen LogP contribution is 2.19. The average molecular weight is 277 g/mol. The van der Waals surface area contributed by atoms with Gasteiger partial charge < -0.3 is 20.7 Å². The van der Waals surface area contributed by atoms with E-state index in [0.29, 0.717) is 31.0 Å². The number of hydrogen-bond donors (Lipinski definition) is 2. The lowest BCUT2D eigenvalue weighted by molar-refractivity contribution is -0.121. The zero-order valence-electron chi connectivity index (χ0n) is 11.8. The Bertz CT molecular complexity index is 431. The number of likely N-dealkylation sites (tertiary alicyclic amines) is 1. The Labute approximate surface area is 120 Å². The molecular formula is C15H23N3O2. The van der Waals surface area contributed by atoms with E-state index in [1.807, 2.05) is 12.1 Å². The van der Waals surface area contributed by atoms with Crippen LogP contribution in [0.25, 0.3) is 0 Å². The van der Waals surface area contributed by atoms with Crippen molar-refractivity contribution in [2.45, 2.75) is 19.3 Å². The predicted molar refractivity (Wildman–Crippen MR) is 79.7 cm³/mol. The van der Waals surface area contributed by atoms with Crippen LogP contribution in [0.3, 0.4) is 0 Å². The minimum Gasteiger partial charge on any atom is -0.491 e. The van der Waals surface area contributed by atoms with Gasteiger partial charge in [0.05, 0.1) is 18.7 Å². The molecule has 1 aromatic carbocycles. The third-order valence-electron chi connectivity index (χ3n) is 3.45. The molecule has 0 spiro atoms. The molecule has 0 aromatic heterocycles. The summed E-state index contributed by atoms with van der Waals surface area (Å²) in [6.07, 6.45) is 2.91. The van der Waals surface area contributed by atoms with Crippen LogP contribution in [0, 0.1) is 0 Å². The zero-order valence-corrected chi connectivity index (χ0v) is 11.8. The maximum Gasteiger partial charge on any atom is 0.223 e. The molecule has 2 rings (SSSR count). The zero-order chi connectivity index (χ0) is 14.2. The van der Waals surface area contributed by atoms with Gasteiger partial charge in [0.1, 0.15) is 5.75 Å². The molecule has 1 aromatic rings. The van der Waals surface area contributed by atoms with Crippen molar-refractivity contribution < 1.29 is 9.53 Å². The van der Waals surface area contributed by atoms with Crippen LogP contribution in [0.15, 0.2) is 24.3 Å². The third kappa shape index (κ3) is 4.74. The van der Waals surface area contributed by atoms with E-state index in [0.717, 1.165) is 19.6 Å². The molecule has 0 saturated carbocycles. The molecule has 0 radical (unpaired) electrons. The summed E-state index contributed by atoms with van der Waals surface area (Å²) in [5, 5.41) is 2.92. The second kappa shape index (κ2) is 7.75. The molecule has 1 fully saturated rings. The lowest BCUT2D eigenvalue weighted by atomic mass is 10.3. The second-order valence-corrected chi connectivity index (χ2v) is 5.03. The first-order valence-electron chi connectivity index (χ1n) is 7.22. The Morgan fingerprint density at radius 1 is 1.30 bits per heavy atom. The van der Waals surface area contributed by atoms with E-state index in [1.54, 1.807) is 12.1 Å². The van der Waals surface area contributed by atoms with Crippen LogP contribution < -0.4 is 15.8 Å². The van der Waals surface area contributed by atoms with E-state index >= 15 is 0 Å². The maximum atomic E-state index is 11.7. The van der Waals surface area contributed by atoms with Gasteiger partial charge in [0.15, 0.2) is 0 Å². The number of nitrogens with zero attached hydrogens (tertiary/aromatic N) is 1. The number of nitrogen functional groups attached to an aromatic ring is 1. The summed E-state index contributed by atoms with van der Waals surface area (Å²) in [7, 11) is 0. The number of benzene rings is 1. The minimum absolute atomic E-state index is 0.0266. The molecule has 20 heavy (non-hydrogen) atoms. The van der Waals surface area contributed by atoms with Crippen LogP contribution in [0.2, 0.25) is 0 Å². The first kappa shape index (κ1) is 14.7. The third-order valence-corrected chi connectivity index (χ3v) is 3.45. The van der Waals surface area contributed by atoms with Crippen LogP contribution >= 0.6 is 0 Å². The number of rotatable bonds is 7. The van der Waals surface area contributed by atoms with Gasteiger partial charge in [-0.2, -0.15) is 0 Å². The summed E-state index contributed by atoms with van der Waals surface area (Å²) in [5.41, 5.74) is 6.36. The number of nitrogens with one attached hydrogen (secondary N) is 1. The van der Waals surface area contributed by atoms with Crippen molar-refractivity contribution in [3.05, 3.63) is 24.3 Å². The van der Waals surface area contributed by atoms with E-state index in [4.69, 9.17) is 10.5 Å². The molecule has 5 heteroatoms. The van der Waals surface area contributed by atoms with E-state index in [1.165, 1.54) is 12.8 Å². The fourth-order valence-electron chi connectivity index (χ4n) is 2.31. The Morgan fingerprint density at radius 2 is 2.05 bits per heavy atom. The van der Waals surface area contributed by atoms with Crippen molar-refractivity contribution in [1.29, 1.82) is 0 Å². The molecule has 110 valence electrons. The standard InChI is InChI=1S/C15H23N3O2/c16-13-5-1-2-6-14(13)20-12-7-15(19)17-8-11-18-9-3-4-10-18/h1-2,5-6H,3-4,7-12,16H2,(H,17,19). The average Bonchev–Trinajstić information content (AvgIpc) is 2.94. The fraction of sp³-hybridized carbons (Fsp3) is 0.533. The molecule has 5 nitrogen and oxygen atoms in total. The quantitative estimate of drug-likeness (QED) is 0.736. The summed E-state index contributed by atoms with van der Waals surface area (Å²) < 4.78 is 5.49. The minimum atomic E-state index is 0.0266. The highest BCUT2D eigenvalue weighted by atomic mass is 16.5. The van der Waals surface area contributed by atoms with Gasteiger partial charge >= 0.3 is 0 Å². The highest BCUT2D eigenvalue weighted by Gasteiger charge is 2.11. The van der Waals surface area contributed by atoms with Crippen molar-refractivity contribution in [2.24, 2.45) is 0 Å². The Morgan fingerprint density at radius 3 is 2.80 bits per heavy atom. The second-order valence-electron chi connectivity index (χ2n) is 5.03. The lowest BCUT2D eigenvalue weighted by Crippen LogP contribution is -2.34. The maximum absolute atomic E-state index is 11.7. The molecule has 0 aliphatic carbocycles. The Balaban J connectivity index is 1.57. The Hall–Kier alpha value is -1.75. The fourth-order valence-corrected chi connectivity index (χ4v) is 2.31. The van der Waals surface area contributed by atoms with Gasteiger partial charge in [0.2, 0.25) is 5.91 Å².